The van der Waals surface area contributed by atoms with Crippen molar-refractivity contribution >= 4 is 11.6 Å². The molecule has 1 N–H and O–H groups in total. The summed E-state index contributed by atoms with van der Waals surface area (Å²) in [7, 11) is 1.90. The molecule has 21 heavy (non-hydrogen) atoms. The minimum atomic E-state index is 0.743. The highest BCUT2D eigenvalue weighted by molar-refractivity contribution is 5.58. The smallest absolute Gasteiger partial charge is 0.152 e. The molecule has 0 fully saturated rings. The van der Waals surface area contributed by atoms with Crippen molar-refractivity contribution in [3.05, 3.63) is 23.5 Å². The Kier molecular flexibility index (Phi) is 3.72. The topological polar surface area (TPSA) is 71.8 Å². The van der Waals surface area contributed by atoms with E-state index in [0.29, 0.717) is 0 Å². The third-order valence-corrected chi connectivity index (χ3v) is 3.82. The molecule has 0 spiro atoms. The summed E-state index contributed by atoms with van der Waals surface area (Å²) in [5.41, 5.74) is 1.09. The largest absolute Gasteiger partial charge is 0.373 e. The fraction of sp³-hybridized carbons (Fsp3) is 0.571. The number of nitrogens with zero attached hydrogens (tertiary/aromatic N) is 6. The molecule has 2 aromatic rings. The first-order chi connectivity index (χ1) is 10.2. The van der Waals surface area contributed by atoms with Crippen molar-refractivity contribution in [2.24, 2.45) is 0 Å². The number of anilines is 2. The third kappa shape index (κ3) is 2.55. The highest BCUT2D eigenvalue weighted by Gasteiger charge is 2.22. The highest BCUT2D eigenvalue weighted by atomic mass is 15.3. The van der Waals surface area contributed by atoms with Gasteiger partial charge in [0.05, 0.1) is 6.54 Å². The fourth-order valence-electron chi connectivity index (χ4n) is 2.68. The Bertz CT molecular complexity index is 634. The van der Waals surface area contributed by atoms with E-state index in [2.05, 4.69) is 43.8 Å². The minimum Gasteiger partial charge on any atom is -0.373 e. The van der Waals surface area contributed by atoms with Gasteiger partial charge in [-0.2, -0.15) is 0 Å². The normalized spacial score (nSPS) is 14.1. The number of fused-ring (bicyclic) bond motifs is 1. The van der Waals surface area contributed by atoms with Crippen molar-refractivity contribution in [1.82, 2.24) is 24.7 Å². The quantitative estimate of drug-likeness (QED) is 0.916. The number of rotatable bonds is 4. The average Bonchev–Trinajstić information content (AvgIpc) is 2.96. The van der Waals surface area contributed by atoms with Crippen LogP contribution < -0.4 is 10.2 Å². The summed E-state index contributed by atoms with van der Waals surface area (Å²) >= 11 is 0. The standard InChI is InChI=1S/C14H21N7/c1-4-5-11-17-13(15-3)10(2)14(18-11)20-6-7-21-9-16-19-12(21)8-20/h9H,4-8H2,1-3H3,(H,15,17,18). The molecule has 0 atom stereocenters. The second kappa shape index (κ2) is 5.67. The van der Waals surface area contributed by atoms with Gasteiger partial charge in [-0.1, -0.05) is 6.92 Å². The van der Waals surface area contributed by atoms with E-state index < -0.39 is 0 Å². The van der Waals surface area contributed by atoms with Crippen molar-refractivity contribution < 1.29 is 0 Å². The van der Waals surface area contributed by atoms with Crippen LogP contribution in [0.15, 0.2) is 6.33 Å². The Balaban J connectivity index is 1.96. The molecule has 3 rings (SSSR count). The molecule has 0 bridgehead atoms. The molecule has 1 aliphatic heterocycles. The Morgan fingerprint density at radius 3 is 2.90 bits per heavy atom. The Morgan fingerprint density at radius 1 is 1.29 bits per heavy atom. The molecular weight excluding hydrogens is 266 g/mol. The maximum atomic E-state index is 4.77. The van der Waals surface area contributed by atoms with Crippen molar-refractivity contribution in [2.75, 3.05) is 23.8 Å². The van der Waals surface area contributed by atoms with E-state index in [9.17, 15) is 0 Å². The molecular formula is C14H21N7. The number of aryl methyl sites for hydroxylation is 1. The van der Waals surface area contributed by atoms with E-state index in [1.807, 2.05) is 7.05 Å². The molecule has 112 valence electrons. The summed E-state index contributed by atoms with van der Waals surface area (Å²) in [4.78, 5) is 11.6. The number of hydrogen-bond acceptors (Lipinski definition) is 6. The van der Waals surface area contributed by atoms with Gasteiger partial charge in [0.1, 0.15) is 23.8 Å². The van der Waals surface area contributed by atoms with E-state index in [4.69, 9.17) is 4.98 Å². The Labute approximate surface area is 124 Å². The lowest BCUT2D eigenvalue weighted by Crippen LogP contribution is -2.35. The summed E-state index contributed by atoms with van der Waals surface area (Å²) in [5, 5.41) is 11.3. The lowest BCUT2D eigenvalue weighted by Gasteiger charge is -2.29. The van der Waals surface area contributed by atoms with E-state index >= 15 is 0 Å². The first kappa shape index (κ1) is 13.8. The zero-order valence-corrected chi connectivity index (χ0v) is 12.8. The van der Waals surface area contributed by atoms with E-state index in [1.54, 1.807) is 6.33 Å². The van der Waals surface area contributed by atoms with E-state index in [1.165, 1.54) is 0 Å². The zero-order valence-electron chi connectivity index (χ0n) is 12.8. The maximum absolute atomic E-state index is 4.77. The molecule has 0 aliphatic carbocycles. The van der Waals surface area contributed by atoms with Crippen LogP contribution in [0.4, 0.5) is 11.6 Å². The van der Waals surface area contributed by atoms with Gasteiger partial charge in [-0.05, 0) is 13.3 Å². The molecule has 0 radical (unpaired) electrons. The van der Waals surface area contributed by atoms with Crippen LogP contribution in [-0.4, -0.2) is 38.3 Å². The SMILES string of the molecule is CCCc1nc(NC)c(C)c(N2CCn3cnnc3C2)n1. The molecule has 7 heteroatoms. The first-order valence-corrected chi connectivity index (χ1v) is 7.39. The van der Waals surface area contributed by atoms with Crippen LogP contribution in [0, 0.1) is 6.92 Å². The number of nitrogens with one attached hydrogen (secondary N) is 1. The van der Waals surface area contributed by atoms with Gasteiger partial charge in [0.2, 0.25) is 0 Å². The predicted molar refractivity (Wildman–Crippen MR) is 81.4 cm³/mol. The van der Waals surface area contributed by atoms with Crippen molar-refractivity contribution in [3.63, 3.8) is 0 Å². The van der Waals surface area contributed by atoms with Crippen LogP contribution in [-0.2, 0) is 19.5 Å². The van der Waals surface area contributed by atoms with Crippen LogP contribution in [0.2, 0.25) is 0 Å². The zero-order chi connectivity index (χ0) is 14.8. The monoisotopic (exact) mass is 287 g/mol. The summed E-state index contributed by atoms with van der Waals surface area (Å²) < 4.78 is 2.10. The van der Waals surface area contributed by atoms with Gasteiger partial charge in [0, 0.05) is 32.1 Å². The molecule has 3 heterocycles. The number of aromatic nitrogens is 5. The van der Waals surface area contributed by atoms with Crippen LogP contribution in [0.25, 0.3) is 0 Å². The van der Waals surface area contributed by atoms with Gasteiger partial charge in [-0.25, -0.2) is 9.97 Å². The van der Waals surface area contributed by atoms with Crippen LogP contribution in [0.5, 0.6) is 0 Å². The summed E-state index contributed by atoms with van der Waals surface area (Å²) in [6, 6.07) is 0. The Morgan fingerprint density at radius 2 is 2.14 bits per heavy atom. The van der Waals surface area contributed by atoms with Gasteiger partial charge in [0.15, 0.2) is 5.82 Å². The number of hydrogen-bond donors (Lipinski definition) is 1. The molecule has 0 saturated carbocycles. The van der Waals surface area contributed by atoms with Gasteiger partial charge < -0.3 is 14.8 Å². The van der Waals surface area contributed by atoms with Gasteiger partial charge in [-0.15, -0.1) is 10.2 Å². The summed E-state index contributed by atoms with van der Waals surface area (Å²) in [5.74, 6) is 3.80. The Hall–Kier alpha value is -2.18. The second-order valence-corrected chi connectivity index (χ2v) is 5.30. The van der Waals surface area contributed by atoms with Gasteiger partial charge in [0.25, 0.3) is 0 Å². The second-order valence-electron chi connectivity index (χ2n) is 5.30. The summed E-state index contributed by atoms with van der Waals surface area (Å²) in [6.45, 7) is 6.76. The first-order valence-electron chi connectivity index (χ1n) is 7.39. The van der Waals surface area contributed by atoms with Gasteiger partial charge >= 0.3 is 0 Å². The molecule has 7 nitrogen and oxygen atoms in total. The van der Waals surface area contributed by atoms with Crippen LogP contribution in [0.3, 0.4) is 0 Å². The molecule has 0 unspecified atom stereocenters. The van der Waals surface area contributed by atoms with Crippen molar-refractivity contribution in [1.29, 1.82) is 0 Å². The molecule has 0 aromatic carbocycles. The van der Waals surface area contributed by atoms with Crippen LogP contribution in [0.1, 0.15) is 30.6 Å². The fourth-order valence-corrected chi connectivity index (χ4v) is 2.68. The molecule has 1 aliphatic rings. The minimum absolute atomic E-state index is 0.743. The van der Waals surface area contributed by atoms with Crippen LogP contribution >= 0.6 is 0 Å². The summed E-state index contributed by atoms with van der Waals surface area (Å²) in [6.07, 6.45) is 3.73. The lowest BCUT2D eigenvalue weighted by molar-refractivity contribution is 0.554. The molecule has 2 aromatic heterocycles. The lowest BCUT2D eigenvalue weighted by atomic mass is 10.2. The predicted octanol–water partition coefficient (Wildman–Crippen LogP) is 1.39. The molecule has 0 amide bonds. The van der Waals surface area contributed by atoms with Gasteiger partial charge in [-0.3, -0.25) is 0 Å². The van der Waals surface area contributed by atoms with Crippen molar-refractivity contribution in [3.8, 4) is 0 Å². The molecule has 0 saturated heterocycles. The third-order valence-electron chi connectivity index (χ3n) is 3.82. The maximum Gasteiger partial charge on any atom is 0.152 e. The van der Waals surface area contributed by atoms with E-state index in [0.717, 1.165) is 61.3 Å². The van der Waals surface area contributed by atoms with E-state index in [-0.39, 0.29) is 0 Å². The average molecular weight is 287 g/mol. The van der Waals surface area contributed by atoms with Crippen molar-refractivity contribution in [2.45, 2.75) is 39.8 Å². The highest BCUT2D eigenvalue weighted by Crippen LogP contribution is 2.26.